The third-order valence-electron chi connectivity index (χ3n) is 11.3. The second-order valence-corrected chi connectivity index (χ2v) is 15.3. The lowest BCUT2D eigenvalue weighted by atomic mass is 9.81. The molecule has 0 spiro atoms. The molecule has 2 aromatic rings. The predicted molar refractivity (Wildman–Crippen MR) is 160 cm³/mol. The summed E-state index contributed by atoms with van der Waals surface area (Å²) in [4.78, 5) is 26.0. The molecule has 40 heavy (non-hydrogen) atoms. The van der Waals surface area contributed by atoms with Crippen molar-refractivity contribution in [1.29, 1.82) is 0 Å². The second-order valence-electron chi connectivity index (χ2n) is 15.3. The lowest BCUT2D eigenvalue weighted by Crippen LogP contribution is -2.45. The van der Waals surface area contributed by atoms with Crippen LogP contribution in [0.1, 0.15) is 132 Å². The lowest BCUT2D eigenvalue weighted by Gasteiger charge is -2.28. The normalized spacial score (nSPS) is 27.6. The van der Waals surface area contributed by atoms with Crippen LogP contribution in [0.2, 0.25) is 0 Å². The summed E-state index contributed by atoms with van der Waals surface area (Å²) < 4.78 is 2.16. The average Bonchev–Trinajstić information content (AvgIpc) is 3.26. The Morgan fingerprint density at radius 3 is 2.23 bits per heavy atom. The van der Waals surface area contributed by atoms with Crippen molar-refractivity contribution in [3.63, 3.8) is 0 Å². The highest BCUT2D eigenvalue weighted by Gasteiger charge is 2.59. The highest BCUT2D eigenvalue weighted by Crippen LogP contribution is 2.56. The van der Waals surface area contributed by atoms with Gasteiger partial charge in [-0.3, -0.25) is 9.59 Å². The number of fused-ring (bicyclic) bond motifs is 2. The van der Waals surface area contributed by atoms with E-state index in [-0.39, 0.29) is 22.3 Å². The van der Waals surface area contributed by atoms with Crippen LogP contribution in [-0.4, -0.2) is 27.1 Å². The van der Waals surface area contributed by atoms with E-state index in [1.807, 2.05) is 0 Å². The maximum atomic E-state index is 14.0. The van der Waals surface area contributed by atoms with E-state index in [9.17, 15) is 14.7 Å². The second kappa shape index (κ2) is 9.49. The molecule has 0 aliphatic heterocycles. The van der Waals surface area contributed by atoms with Gasteiger partial charge in [0.15, 0.2) is 0 Å². The smallest absolute Gasteiger partial charge is 0.309 e. The van der Waals surface area contributed by atoms with Crippen molar-refractivity contribution >= 4 is 11.9 Å². The van der Waals surface area contributed by atoms with E-state index >= 15 is 0 Å². The van der Waals surface area contributed by atoms with Crippen molar-refractivity contribution in [3.05, 3.63) is 46.8 Å². The van der Waals surface area contributed by atoms with E-state index in [0.29, 0.717) is 30.9 Å². The first kappa shape index (κ1) is 27.6. The zero-order valence-corrected chi connectivity index (χ0v) is 25.3. The van der Waals surface area contributed by atoms with Crippen molar-refractivity contribution in [3.8, 4) is 11.1 Å². The SMILES string of the molecule is Cn1c(C(=O)NC23CCC(C(=O)O)(CC2)C3)cc(-c2cc(C(C)(C)C)cc(C3(C)CC3)c2)c1CC1CCCCC1. The number of hydrogen-bond acceptors (Lipinski definition) is 2. The molecule has 0 saturated heterocycles. The molecular formula is C35H48N2O3. The summed E-state index contributed by atoms with van der Waals surface area (Å²) in [5.74, 6) is -0.0957. The molecule has 0 atom stereocenters. The number of carboxylic acids is 1. The predicted octanol–water partition coefficient (Wildman–Crippen LogP) is 7.68. The molecule has 4 aliphatic carbocycles. The van der Waals surface area contributed by atoms with E-state index in [1.54, 1.807) is 0 Å². The number of amides is 1. The van der Waals surface area contributed by atoms with E-state index in [2.05, 4.69) is 68.9 Å². The summed E-state index contributed by atoms with van der Waals surface area (Å²) in [6.07, 6.45) is 13.3. The van der Waals surface area contributed by atoms with Crippen LogP contribution in [0, 0.1) is 11.3 Å². The Morgan fingerprint density at radius 2 is 1.65 bits per heavy atom. The summed E-state index contributed by atoms with van der Waals surface area (Å²) >= 11 is 0. The van der Waals surface area contributed by atoms with Gasteiger partial charge >= 0.3 is 5.97 Å². The van der Waals surface area contributed by atoms with Crippen LogP contribution in [0.4, 0.5) is 0 Å². The Hall–Kier alpha value is -2.56. The monoisotopic (exact) mass is 544 g/mol. The molecule has 1 aromatic heterocycles. The van der Waals surface area contributed by atoms with E-state index in [0.717, 1.165) is 19.3 Å². The van der Waals surface area contributed by atoms with Crippen LogP contribution >= 0.6 is 0 Å². The largest absolute Gasteiger partial charge is 0.481 e. The zero-order valence-electron chi connectivity index (χ0n) is 25.3. The maximum Gasteiger partial charge on any atom is 0.309 e. The number of hydrogen-bond donors (Lipinski definition) is 2. The molecule has 5 heteroatoms. The van der Waals surface area contributed by atoms with Gasteiger partial charge in [0, 0.05) is 23.8 Å². The number of benzene rings is 1. The van der Waals surface area contributed by atoms with Gasteiger partial charge in [0.2, 0.25) is 0 Å². The minimum atomic E-state index is -0.698. The highest BCUT2D eigenvalue weighted by molar-refractivity contribution is 5.96. The Labute approximate surface area is 240 Å². The number of aromatic nitrogens is 1. The van der Waals surface area contributed by atoms with Crippen LogP contribution in [-0.2, 0) is 29.1 Å². The Bertz CT molecular complexity index is 1300. The molecule has 1 heterocycles. The summed E-state index contributed by atoms with van der Waals surface area (Å²) in [5.41, 5.74) is 6.45. The summed E-state index contributed by atoms with van der Waals surface area (Å²) in [5, 5.41) is 13.2. The summed E-state index contributed by atoms with van der Waals surface area (Å²) in [7, 11) is 2.07. The summed E-state index contributed by atoms with van der Waals surface area (Å²) in [6, 6.07) is 9.32. The minimum absolute atomic E-state index is 0.0370. The number of carbonyl (C=O) groups is 2. The molecule has 4 aliphatic rings. The number of nitrogens with one attached hydrogen (secondary N) is 1. The Kier molecular flexibility index (Phi) is 6.55. The van der Waals surface area contributed by atoms with Gasteiger partial charge in [-0.25, -0.2) is 0 Å². The molecule has 4 saturated carbocycles. The van der Waals surface area contributed by atoms with E-state index in [4.69, 9.17) is 0 Å². The van der Waals surface area contributed by atoms with Gasteiger partial charge in [0.1, 0.15) is 5.69 Å². The number of carbonyl (C=O) groups excluding carboxylic acids is 1. The number of rotatable bonds is 7. The lowest BCUT2D eigenvalue weighted by molar-refractivity contribution is -0.148. The van der Waals surface area contributed by atoms with Gasteiger partial charge in [0.05, 0.1) is 5.41 Å². The minimum Gasteiger partial charge on any atom is -0.481 e. The van der Waals surface area contributed by atoms with Crippen molar-refractivity contribution in [2.24, 2.45) is 18.4 Å². The molecule has 2 bridgehead atoms. The number of carboxylic acid groups (broad SMARTS) is 1. The van der Waals surface area contributed by atoms with Crippen LogP contribution in [0.15, 0.2) is 24.3 Å². The topological polar surface area (TPSA) is 71.3 Å². The molecule has 4 fully saturated rings. The number of aliphatic carboxylic acids is 1. The first-order valence-corrected chi connectivity index (χ1v) is 15.7. The van der Waals surface area contributed by atoms with Gasteiger partial charge in [-0.05, 0) is 90.9 Å². The van der Waals surface area contributed by atoms with Crippen molar-refractivity contribution in [2.75, 3.05) is 0 Å². The third-order valence-corrected chi connectivity index (χ3v) is 11.3. The standard InChI is InChI=1S/C35H48N2O3/c1-32(2,3)25-18-24(19-26(20-25)33(4)11-12-33)27-21-29(37(5)28(27)17-23-9-7-6-8-10-23)30(38)36-35-15-13-34(22-35,14-16-35)31(39)40/h18-21,23H,6-17,22H2,1-5H3,(H,36,38)(H,39,40). The molecule has 216 valence electrons. The van der Waals surface area contributed by atoms with Crippen molar-refractivity contribution in [2.45, 2.75) is 128 Å². The van der Waals surface area contributed by atoms with Gasteiger partial charge in [-0.1, -0.05) is 78.0 Å². The van der Waals surface area contributed by atoms with Gasteiger partial charge < -0.3 is 15.0 Å². The molecule has 2 N–H and O–H groups in total. The van der Waals surface area contributed by atoms with Gasteiger partial charge in [-0.15, -0.1) is 0 Å². The zero-order chi connectivity index (χ0) is 28.5. The highest BCUT2D eigenvalue weighted by atomic mass is 16.4. The van der Waals surface area contributed by atoms with Crippen LogP contribution in [0.25, 0.3) is 11.1 Å². The van der Waals surface area contributed by atoms with Crippen LogP contribution < -0.4 is 5.32 Å². The molecule has 5 nitrogen and oxygen atoms in total. The summed E-state index contributed by atoms with van der Waals surface area (Å²) in [6.45, 7) is 9.25. The molecular weight excluding hydrogens is 496 g/mol. The first-order chi connectivity index (χ1) is 18.8. The van der Waals surface area contributed by atoms with Gasteiger partial charge in [-0.2, -0.15) is 0 Å². The average molecular weight is 545 g/mol. The quantitative estimate of drug-likeness (QED) is 0.375. The van der Waals surface area contributed by atoms with E-state index < -0.39 is 11.4 Å². The fourth-order valence-corrected chi connectivity index (χ4v) is 8.04. The maximum absolute atomic E-state index is 14.0. The van der Waals surface area contributed by atoms with Crippen LogP contribution in [0.5, 0.6) is 0 Å². The van der Waals surface area contributed by atoms with Crippen molar-refractivity contribution < 1.29 is 14.7 Å². The molecule has 1 amide bonds. The Morgan fingerprint density at radius 1 is 0.975 bits per heavy atom. The van der Waals surface area contributed by atoms with Crippen molar-refractivity contribution in [1.82, 2.24) is 9.88 Å². The molecule has 1 aromatic carbocycles. The molecule has 6 rings (SSSR count). The Balaban J connectivity index is 1.39. The van der Waals surface area contributed by atoms with Crippen LogP contribution in [0.3, 0.4) is 0 Å². The molecule has 0 unspecified atom stereocenters. The third kappa shape index (κ3) is 4.81. The molecule has 0 radical (unpaired) electrons. The fourth-order valence-electron chi connectivity index (χ4n) is 8.04. The van der Waals surface area contributed by atoms with E-state index in [1.165, 1.54) is 72.9 Å². The first-order valence-electron chi connectivity index (χ1n) is 15.7. The number of nitrogens with zero attached hydrogens (tertiary/aromatic N) is 1. The van der Waals surface area contributed by atoms with Gasteiger partial charge in [0.25, 0.3) is 5.91 Å². The fraction of sp³-hybridized carbons (Fsp3) is 0.657.